The minimum atomic E-state index is -0.557. The van der Waals surface area contributed by atoms with E-state index in [4.69, 9.17) is 0 Å². The van der Waals surface area contributed by atoms with Gasteiger partial charge in [-0.1, -0.05) is 6.92 Å². The molecule has 1 aliphatic carbocycles. The number of rotatable bonds is 2. The van der Waals surface area contributed by atoms with Crippen molar-refractivity contribution in [3.63, 3.8) is 0 Å². The zero-order valence-electron chi connectivity index (χ0n) is 13.3. The number of hydrogen-bond acceptors (Lipinski definition) is 6. The van der Waals surface area contributed by atoms with Crippen LogP contribution in [0.5, 0.6) is 0 Å². The number of H-pyrrole nitrogens is 1. The van der Waals surface area contributed by atoms with Gasteiger partial charge in [-0.3, -0.25) is 14.4 Å². The molecule has 1 amide bonds. The standard InChI is InChI=1S/C17H14N4O3S/c1-8-4-13-10(15(22)5-8)7-11(17(24)19-13)16(23)18-9-2-3-12-14(6-9)21-25-20-12/h2-3,6-8H,4-5H2,1H3,(H,18,23)(H,19,24). The highest BCUT2D eigenvalue weighted by Crippen LogP contribution is 2.24. The summed E-state index contributed by atoms with van der Waals surface area (Å²) in [7, 11) is 0. The predicted molar refractivity (Wildman–Crippen MR) is 94.2 cm³/mol. The average Bonchev–Trinajstić information content (AvgIpc) is 3.01. The summed E-state index contributed by atoms with van der Waals surface area (Å²) in [6.45, 7) is 1.96. The molecule has 126 valence electrons. The lowest BCUT2D eigenvalue weighted by Crippen LogP contribution is -2.29. The number of fused-ring (bicyclic) bond motifs is 2. The Labute approximate surface area is 146 Å². The Morgan fingerprint density at radius 1 is 1.20 bits per heavy atom. The number of aromatic amines is 1. The second-order valence-corrected chi connectivity index (χ2v) is 6.79. The maximum absolute atomic E-state index is 12.5. The summed E-state index contributed by atoms with van der Waals surface area (Å²) in [5, 5.41) is 2.68. The van der Waals surface area contributed by atoms with Gasteiger partial charge in [0, 0.05) is 23.4 Å². The van der Waals surface area contributed by atoms with Gasteiger partial charge in [-0.25, -0.2) is 0 Å². The van der Waals surface area contributed by atoms with Crippen LogP contribution in [0, 0.1) is 5.92 Å². The van der Waals surface area contributed by atoms with Crippen molar-refractivity contribution in [3.05, 3.63) is 51.4 Å². The molecular formula is C17H14N4O3S. The van der Waals surface area contributed by atoms with E-state index in [1.54, 1.807) is 18.2 Å². The second kappa shape index (κ2) is 5.89. The molecular weight excluding hydrogens is 340 g/mol. The Balaban J connectivity index is 1.67. The number of nitrogens with one attached hydrogen (secondary N) is 2. The molecule has 1 aromatic carbocycles. The number of pyridine rings is 1. The van der Waals surface area contributed by atoms with Crippen molar-refractivity contribution < 1.29 is 9.59 Å². The van der Waals surface area contributed by atoms with Crippen LogP contribution < -0.4 is 10.9 Å². The monoisotopic (exact) mass is 354 g/mol. The molecule has 1 aliphatic rings. The van der Waals surface area contributed by atoms with Gasteiger partial charge in [-0.2, -0.15) is 8.75 Å². The Hall–Kier alpha value is -2.87. The largest absolute Gasteiger partial charge is 0.325 e. The summed E-state index contributed by atoms with van der Waals surface area (Å²) in [5.41, 5.74) is 2.41. The van der Waals surface area contributed by atoms with Crippen molar-refractivity contribution in [1.82, 2.24) is 13.7 Å². The van der Waals surface area contributed by atoms with Gasteiger partial charge in [0.1, 0.15) is 16.6 Å². The van der Waals surface area contributed by atoms with E-state index >= 15 is 0 Å². The van der Waals surface area contributed by atoms with Crippen molar-refractivity contribution in [3.8, 4) is 0 Å². The number of aromatic nitrogens is 3. The van der Waals surface area contributed by atoms with Crippen molar-refractivity contribution in [1.29, 1.82) is 0 Å². The molecule has 25 heavy (non-hydrogen) atoms. The van der Waals surface area contributed by atoms with Crippen LogP contribution in [0.2, 0.25) is 0 Å². The van der Waals surface area contributed by atoms with Crippen LogP contribution in [0.25, 0.3) is 11.0 Å². The van der Waals surface area contributed by atoms with Gasteiger partial charge < -0.3 is 10.3 Å². The number of ketones is 1. The number of Topliss-reactive ketones (excluding diaryl/α,β-unsaturated/α-hetero) is 1. The van der Waals surface area contributed by atoms with Crippen LogP contribution in [0.4, 0.5) is 5.69 Å². The molecule has 0 saturated heterocycles. The van der Waals surface area contributed by atoms with E-state index in [1.807, 2.05) is 6.92 Å². The lowest BCUT2D eigenvalue weighted by atomic mass is 9.86. The zero-order valence-corrected chi connectivity index (χ0v) is 14.1. The quantitative estimate of drug-likeness (QED) is 0.735. The third-order valence-electron chi connectivity index (χ3n) is 4.27. The topological polar surface area (TPSA) is 105 Å². The second-order valence-electron chi connectivity index (χ2n) is 6.26. The van der Waals surface area contributed by atoms with E-state index < -0.39 is 11.5 Å². The number of benzene rings is 1. The van der Waals surface area contributed by atoms with Gasteiger partial charge in [0.05, 0.1) is 11.7 Å². The number of nitrogens with zero attached hydrogens (tertiary/aromatic N) is 2. The predicted octanol–water partition coefficient (Wildman–Crippen LogP) is 2.40. The molecule has 3 aromatic rings. The smallest absolute Gasteiger partial charge is 0.261 e. The lowest BCUT2D eigenvalue weighted by Gasteiger charge is -2.20. The fourth-order valence-electron chi connectivity index (χ4n) is 3.05. The highest BCUT2D eigenvalue weighted by molar-refractivity contribution is 7.00. The first-order chi connectivity index (χ1) is 12.0. The average molecular weight is 354 g/mol. The fourth-order valence-corrected chi connectivity index (χ4v) is 3.57. The molecule has 1 unspecified atom stereocenters. The third kappa shape index (κ3) is 2.85. The number of hydrogen-bond donors (Lipinski definition) is 2. The Bertz CT molecular complexity index is 1070. The molecule has 0 spiro atoms. The molecule has 2 heterocycles. The molecule has 0 radical (unpaired) electrons. The van der Waals surface area contributed by atoms with Crippen LogP contribution in [0.3, 0.4) is 0 Å². The third-order valence-corrected chi connectivity index (χ3v) is 4.82. The van der Waals surface area contributed by atoms with Crippen molar-refractivity contribution in [2.75, 3.05) is 5.32 Å². The Kier molecular flexibility index (Phi) is 3.69. The maximum atomic E-state index is 12.5. The molecule has 2 aromatic heterocycles. The normalized spacial score (nSPS) is 16.7. The summed E-state index contributed by atoms with van der Waals surface area (Å²) in [6.07, 6.45) is 1.05. The highest BCUT2D eigenvalue weighted by atomic mass is 32.1. The Morgan fingerprint density at radius 3 is 2.84 bits per heavy atom. The van der Waals surface area contributed by atoms with Crippen molar-refractivity contribution in [2.24, 2.45) is 5.92 Å². The maximum Gasteiger partial charge on any atom is 0.261 e. The summed E-state index contributed by atoms with van der Waals surface area (Å²) >= 11 is 1.09. The highest BCUT2D eigenvalue weighted by Gasteiger charge is 2.25. The van der Waals surface area contributed by atoms with Crippen LogP contribution in [-0.2, 0) is 6.42 Å². The van der Waals surface area contributed by atoms with Gasteiger partial charge >= 0.3 is 0 Å². The SMILES string of the molecule is CC1CC(=O)c2cc(C(=O)Nc3ccc4nsnc4c3)c(=O)[nH]c2C1. The molecule has 0 saturated carbocycles. The van der Waals surface area contributed by atoms with Crippen LogP contribution >= 0.6 is 11.7 Å². The van der Waals surface area contributed by atoms with E-state index in [1.165, 1.54) is 6.07 Å². The molecule has 0 fully saturated rings. The van der Waals surface area contributed by atoms with E-state index in [0.29, 0.717) is 35.3 Å². The van der Waals surface area contributed by atoms with Gasteiger partial charge in [-0.15, -0.1) is 0 Å². The fraction of sp³-hybridized carbons (Fsp3) is 0.235. The van der Waals surface area contributed by atoms with Gasteiger partial charge in [0.15, 0.2) is 5.78 Å². The molecule has 2 N–H and O–H groups in total. The molecule has 8 heteroatoms. The van der Waals surface area contributed by atoms with Crippen LogP contribution in [-0.4, -0.2) is 25.4 Å². The first-order valence-corrected chi connectivity index (χ1v) is 8.57. The Morgan fingerprint density at radius 2 is 2.00 bits per heavy atom. The van der Waals surface area contributed by atoms with E-state index in [9.17, 15) is 14.4 Å². The number of carbonyl (C=O) groups is 2. The van der Waals surface area contributed by atoms with Crippen molar-refractivity contribution >= 4 is 40.1 Å². The number of carbonyl (C=O) groups excluding carboxylic acids is 2. The first kappa shape index (κ1) is 15.6. The summed E-state index contributed by atoms with van der Waals surface area (Å²) < 4.78 is 8.22. The number of anilines is 1. The van der Waals surface area contributed by atoms with Crippen LogP contribution in [0.15, 0.2) is 29.1 Å². The van der Waals surface area contributed by atoms with Gasteiger partial charge in [0.25, 0.3) is 11.5 Å². The lowest BCUT2D eigenvalue weighted by molar-refractivity contribution is 0.0952. The minimum absolute atomic E-state index is 0.0472. The molecule has 4 rings (SSSR count). The van der Waals surface area contributed by atoms with Crippen molar-refractivity contribution in [2.45, 2.75) is 19.8 Å². The molecule has 1 atom stereocenters. The summed E-state index contributed by atoms with van der Waals surface area (Å²) in [5.74, 6) is -0.416. The first-order valence-electron chi connectivity index (χ1n) is 7.84. The van der Waals surface area contributed by atoms with E-state index in [-0.39, 0.29) is 17.3 Å². The summed E-state index contributed by atoms with van der Waals surface area (Å²) in [4.78, 5) is 39.6. The molecule has 0 aliphatic heterocycles. The van der Waals surface area contributed by atoms with E-state index in [2.05, 4.69) is 19.0 Å². The number of amides is 1. The van der Waals surface area contributed by atoms with Crippen LogP contribution in [0.1, 0.15) is 39.8 Å². The summed E-state index contributed by atoms with van der Waals surface area (Å²) in [6, 6.07) is 6.54. The van der Waals surface area contributed by atoms with Gasteiger partial charge in [-0.05, 0) is 36.6 Å². The zero-order chi connectivity index (χ0) is 17.6. The molecule has 7 nitrogen and oxygen atoms in total. The van der Waals surface area contributed by atoms with E-state index in [0.717, 1.165) is 17.2 Å². The van der Waals surface area contributed by atoms with Gasteiger partial charge in [0.2, 0.25) is 0 Å². The minimum Gasteiger partial charge on any atom is -0.325 e. The molecule has 0 bridgehead atoms.